The monoisotopic (exact) mass is 392 g/mol. The summed E-state index contributed by atoms with van der Waals surface area (Å²) in [4.78, 5) is 0. The molecule has 4 heteroatoms. The Kier molecular flexibility index (Phi) is 13.2. The minimum Gasteiger partial charge on any atom is -0.305 e. The Balaban J connectivity index is 2.38. The summed E-state index contributed by atoms with van der Waals surface area (Å²) < 4.78 is 23.6. The molecule has 27 heavy (non-hydrogen) atoms. The van der Waals surface area contributed by atoms with Crippen LogP contribution >= 0.6 is 7.60 Å². The Morgan fingerprint density at radius 1 is 0.852 bits per heavy atom. The van der Waals surface area contributed by atoms with Gasteiger partial charge >= 0.3 is 7.60 Å². The van der Waals surface area contributed by atoms with Crippen molar-refractivity contribution in [2.24, 2.45) is 0 Å². The summed E-state index contributed by atoms with van der Waals surface area (Å²) in [7, 11) is -3.23. The van der Waals surface area contributed by atoms with Crippen LogP contribution in [-0.4, -0.2) is 13.2 Å². The molecule has 0 atom stereocenters. The summed E-state index contributed by atoms with van der Waals surface area (Å²) in [6.45, 7) is 6.60. The van der Waals surface area contributed by atoms with E-state index in [0.717, 1.165) is 18.4 Å². The molecule has 0 bridgehead atoms. The van der Waals surface area contributed by atoms with Crippen molar-refractivity contribution in [3.05, 3.63) is 29.8 Å². The first-order chi connectivity index (χ1) is 13.2. The van der Waals surface area contributed by atoms with Crippen LogP contribution in [0.2, 0.25) is 0 Å². The van der Waals surface area contributed by atoms with E-state index in [2.05, 4.69) is 18.8 Å². The van der Waals surface area contributed by atoms with Crippen molar-refractivity contribution in [2.45, 2.75) is 85.0 Å². The lowest BCUT2D eigenvalue weighted by atomic mass is 10.1. The van der Waals surface area contributed by atoms with Gasteiger partial charge in [-0.15, -0.1) is 0 Å². The second-order valence-corrected chi connectivity index (χ2v) is 8.79. The molecular weight excluding hydrogens is 355 g/mol. The van der Waals surface area contributed by atoms with Crippen molar-refractivity contribution in [3.8, 4) is 11.8 Å². The van der Waals surface area contributed by atoms with Crippen LogP contribution in [0.4, 0.5) is 0 Å². The number of unbranched alkanes of at least 4 members (excludes halogenated alkanes) is 9. The summed E-state index contributed by atoms with van der Waals surface area (Å²) in [6.07, 6.45) is 12.8. The summed E-state index contributed by atoms with van der Waals surface area (Å²) in [5.74, 6) is 6.43. The molecular formula is C23H37O3P. The molecule has 0 aliphatic heterocycles. The van der Waals surface area contributed by atoms with Crippen molar-refractivity contribution in [2.75, 3.05) is 13.2 Å². The summed E-state index contributed by atoms with van der Waals surface area (Å²) in [5, 5.41) is 0.584. The maximum Gasteiger partial charge on any atom is 0.361 e. The van der Waals surface area contributed by atoms with E-state index in [9.17, 15) is 4.57 Å². The Labute approximate surface area is 166 Å². The number of benzene rings is 1. The highest BCUT2D eigenvalue weighted by Crippen LogP contribution is 2.46. The quantitative estimate of drug-likeness (QED) is 0.197. The average molecular weight is 393 g/mol. The van der Waals surface area contributed by atoms with E-state index in [1.165, 1.54) is 51.4 Å². The molecule has 0 aromatic heterocycles. The molecule has 0 saturated carbocycles. The number of rotatable bonds is 14. The van der Waals surface area contributed by atoms with E-state index in [1.807, 2.05) is 32.0 Å². The van der Waals surface area contributed by atoms with Gasteiger partial charge in [0.1, 0.15) is 0 Å². The van der Waals surface area contributed by atoms with Crippen molar-refractivity contribution < 1.29 is 13.6 Å². The third kappa shape index (κ3) is 10.2. The zero-order valence-electron chi connectivity index (χ0n) is 17.5. The molecule has 3 nitrogen and oxygen atoms in total. The molecule has 1 aromatic rings. The predicted octanol–water partition coefficient (Wildman–Crippen LogP) is 6.85. The van der Waals surface area contributed by atoms with Gasteiger partial charge in [-0.2, -0.15) is 0 Å². The van der Waals surface area contributed by atoms with Crippen molar-refractivity contribution >= 4 is 12.9 Å². The van der Waals surface area contributed by atoms with E-state index in [4.69, 9.17) is 9.05 Å². The predicted molar refractivity (Wildman–Crippen MR) is 116 cm³/mol. The SMILES string of the molecule is CCCCCCCCCCCC#Cc1cccc(P(=O)(OCC)OCC)c1. The zero-order chi connectivity index (χ0) is 19.8. The lowest BCUT2D eigenvalue weighted by Crippen LogP contribution is -2.10. The van der Waals surface area contributed by atoms with Crippen LogP contribution in [0, 0.1) is 11.8 Å². The second-order valence-electron chi connectivity index (χ2n) is 6.76. The van der Waals surface area contributed by atoms with Gasteiger partial charge in [-0.1, -0.05) is 76.2 Å². The third-order valence-electron chi connectivity index (χ3n) is 4.40. The van der Waals surface area contributed by atoms with E-state index in [1.54, 1.807) is 6.07 Å². The molecule has 0 aliphatic carbocycles. The lowest BCUT2D eigenvalue weighted by Gasteiger charge is -2.17. The Hall–Kier alpha value is -1.07. The van der Waals surface area contributed by atoms with Gasteiger partial charge < -0.3 is 9.05 Å². The fraction of sp³-hybridized carbons (Fsp3) is 0.652. The van der Waals surface area contributed by atoms with Crippen LogP contribution in [0.1, 0.15) is 90.5 Å². The third-order valence-corrected chi connectivity index (χ3v) is 6.51. The fourth-order valence-electron chi connectivity index (χ4n) is 2.97. The van der Waals surface area contributed by atoms with Gasteiger partial charge in [-0.25, -0.2) is 0 Å². The first-order valence-electron chi connectivity index (χ1n) is 10.6. The molecule has 0 heterocycles. The van der Waals surface area contributed by atoms with Gasteiger partial charge in [0.15, 0.2) is 0 Å². The molecule has 152 valence electrons. The van der Waals surface area contributed by atoms with Crippen LogP contribution in [0.25, 0.3) is 0 Å². The minimum absolute atomic E-state index is 0.353. The van der Waals surface area contributed by atoms with Crippen LogP contribution in [-0.2, 0) is 13.6 Å². The van der Waals surface area contributed by atoms with Gasteiger partial charge in [0.05, 0.1) is 18.5 Å². The number of hydrogen-bond donors (Lipinski definition) is 0. The van der Waals surface area contributed by atoms with Crippen molar-refractivity contribution in [1.29, 1.82) is 0 Å². The van der Waals surface area contributed by atoms with Gasteiger partial charge in [0.25, 0.3) is 0 Å². The normalized spacial score (nSPS) is 11.2. The first-order valence-corrected chi connectivity index (χ1v) is 12.2. The molecule has 0 saturated heterocycles. The molecule has 1 rings (SSSR count). The molecule has 0 amide bonds. The Morgan fingerprint density at radius 2 is 1.44 bits per heavy atom. The lowest BCUT2D eigenvalue weighted by molar-refractivity contribution is 0.230. The highest BCUT2D eigenvalue weighted by atomic mass is 31.2. The second kappa shape index (κ2) is 14.9. The zero-order valence-corrected chi connectivity index (χ0v) is 18.4. The van der Waals surface area contributed by atoms with Crippen molar-refractivity contribution in [1.82, 2.24) is 0 Å². The average Bonchev–Trinajstić information content (AvgIpc) is 2.67. The van der Waals surface area contributed by atoms with Crippen LogP contribution < -0.4 is 5.30 Å². The van der Waals surface area contributed by atoms with Gasteiger partial charge in [0.2, 0.25) is 0 Å². The van der Waals surface area contributed by atoms with Crippen LogP contribution in [0.3, 0.4) is 0 Å². The van der Waals surface area contributed by atoms with E-state index in [0.29, 0.717) is 18.5 Å². The maximum atomic E-state index is 12.8. The summed E-state index contributed by atoms with van der Waals surface area (Å²) >= 11 is 0. The molecule has 0 aliphatic rings. The largest absolute Gasteiger partial charge is 0.361 e. The fourth-order valence-corrected chi connectivity index (χ4v) is 4.59. The molecule has 0 fully saturated rings. The molecule has 0 unspecified atom stereocenters. The van der Waals surface area contributed by atoms with Crippen LogP contribution in [0.5, 0.6) is 0 Å². The van der Waals surface area contributed by atoms with Gasteiger partial charge in [0, 0.05) is 12.0 Å². The van der Waals surface area contributed by atoms with Gasteiger partial charge in [-0.3, -0.25) is 4.57 Å². The van der Waals surface area contributed by atoms with E-state index < -0.39 is 7.60 Å². The maximum absolute atomic E-state index is 12.8. The topological polar surface area (TPSA) is 35.5 Å². The standard InChI is InChI=1S/C23H37O3P/c1-4-7-8-9-10-11-12-13-14-15-16-18-22-19-17-20-23(21-22)27(24,25-5-2)26-6-3/h17,19-21H,4-15H2,1-3H3. The van der Waals surface area contributed by atoms with E-state index >= 15 is 0 Å². The smallest absolute Gasteiger partial charge is 0.305 e. The molecule has 0 spiro atoms. The molecule has 0 radical (unpaired) electrons. The van der Waals surface area contributed by atoms with E-state index in [-0.39, 0.29) is 0 Å². The van der Waals surface area contributed by atoms with Crippen LogP contribution in [0.15, 0.2) is 24.3 Å². The summed E-state index contributed by atoms with van der Waals surface area (Å²) in [5.41, 5.74) is 0.864. The molecule has 0 N–H and O–H groups in total. The Bertz CT molecular complexity index is 606. The minimum atomic E-state index is -3.23. The van der Waals surface area contributed by atoms with Gasteiger partial charge in [-0.05, 0) is 38.5 Å². The highest BCUT2D eigenvalue weighted by molar-refractivity contribution is 7.62. The van der Waals surface area contributed by atoms with Crippen molar-refractivity contribution in [3.63, 3.8) is 0 Å². The first kappa shape index (κ1) is 24.0. The molecule has 1 aromatic carbocycles. The number of hydrogen-bond acceptors (Lipinski definition) is 3. The highest BCUT2D eigenvalue weighted by Gasteiger charge is 2.26. The Morgan fingerprint density at radius 3 is 2.04 bits per heavy atom. The summed E-state index contributed by atoms with van der Waals surface area (Å²) in [6, 6.07) is 7.42.